The first-order chi connectivity index (χ1) is 26.2. The van der Waals surface area contributed by atoms with Crippen LogP contribution in [-0.2, 0) is 0 Å². The third kappa shape index (κ3) is 5.65. The van der Waals surface area contributed by atoms with E-state index in [1.165, 1.54) is 27.5 Å². The van der Waals surface area contributed by atoms with E-state index in [-0.39, 0.29) is 6.17 Å². The van der Waals surface area contributed by atoms with E-state index in [2.05, 4.69) is 156 Å². The summed E-state index contributed by atoms with van der Waals surface area (Å²) in [5, 5.41) is 8.09. The largest absolute Gasteiger partial charge is 0.438 e. The number of nitrogens with zero attached hydrogens (tertiary/aromatic N) is 3. The van der Waals surface area contributed by atoms with E-state index in [1.54, 1.807) is 6.20 Å². The normalized spacial score (nSPS) is 14.2. The van der Waals surface area contributed by atoms with E-state index >= 15 is 0 Å². The first-order valence-electron chi connectivity index (χ1n) is 17.8. The Morgan fingerprint density at radius 2 is 1.13 bits per heavy atom. The minimum absolute atomic E-state index is 0.376. The van der Waals surface area contributed by atoms with Crippen molar-refractivity contribution in [2.45, 2.75) is 6.17 Å². The molecule has 2 aromatic heterocycles. The molecule has 0 amide bonds. The van der Waals surface area contributed by atoms with Crippen LogP contribution in [0.25, 0.3) is 66.2 Å². The molecule has 0 spiro atoms. The predicted octanol–water partition coefficient (Wildman–Crippen LogP) is 11.6. The van der Waals surface area contributed by atoms with Gasteiger partial charge in [-0.05, 0) is 74.0 Å². The molecule has 7 aromatic carbocycles. The van der Waals surface area contributed by atoms with Crippen molar-refractivity contribution in [3.63, 3.8) is 0 Å². The second kappa shape index (κ2) is 12.9. The quantitative estimate of drug-likeness (QED) is 0.190. The minimum Gasteiger partial charge on any atom is -0.438 e. The molecule has 250 valence electrons. The molecule has 5 heteroatoms. The van der Waals surface area contributed by atoms with Gasteiger partial charge in [0.15, 0.2) is 5.84 Å². The van der Waals surface area contributed by atoms with Crippen LogP contribution in [0.2, 0.25) is 0 Å². The highest BCUT2D eigenvalue weighted by atomic mass is 16.3. The van der Waals surface area contributed by atoms with Crippen molar-refractivity contribution in [3.8, 4) is 33.4 Å². The van der Waals surface area contributed by atoms with Gasteiger partial charge in [0, 0.05) is 28.1 Å². The van der Waals surface area contributed by atoms with E-state index in [0.29, 0.717) is 11.5 Å². The zero-order valence-corrected chi connectivity index (χ0v) is 28.6. The van der Waals surface area contributed by atoms with Gasteiger partial charge >= 0.3 is 0 Å². The second-order valence-electron chi connectivity index (χ2n) is 13.3. The number of aromatic nitrogens is 1. The summed E-state index contributed by atoms with van der Waals surface area (Å²) in [6.07, 6.45) is 1.39. The first-order valence-corrected chi connectivity index (χ1v) is 17.8. The molecule has 1 N–H and O–H groups in total. The van der Waals surface area contributed by atoms with Crippen LogP contribution in [0.15, 0.2) is 197 Å². The van der Waals surface area contributed by atoms with Gasteiger partial charge in [-0.1, -0.05) is 152 Å². The summed E-state index contributed by atoms with van der Waals surface area (Å²) in [6, 6.07) is 61.3. The van der Waals surface area contributed by atoms with Gasteiger partial charge in [0.1, 0.15) is 17.6 Å². The Bertz CT molecular complexity index is 2830. The molecule has 1 aliphatic heterocycles. The summed E-state index contributed by atoms with van der Waals surface area (Å²) in [7, 11) is 0. The Morgan fingerprint density at radius 3 is 1.92 bits per heavy atom. The van der Waals surface area contributed by atoms with Crippen LogP contribution in [0.5, 0.6) is 0 Å². The topological polar surface area (TPSA) is 62.8 Å². The molecule has 0 radical (unpaired) electrons. The van der Waals surface area contributed by atoms with Crippen molar-refractivity contribution in [3.05, 3.63) is 199 Å². The average molecular weight is 681 g/mol. The lowest BCUT2D eigenvalue weighted by Gasteiger charge is -2.24. The van der Waals surface area contributed by atoms with Crippen LogP contribution in [-0.4, -0.2) is 16.7 Å². The Morgan fingerprint density at radius 1 is 0.491 bits per heavy atom. The van der Waals surface area contributed by atoms with Crippen molar-refractivity contribution in [2.24, 2.45) is 9.98 Å². The molecule has 1 aliphatic rings. The van der Waals surface area contributed by atoms with Crippen molar-refractivity contribution in [1.29, 1.82) is 0 Å². The highest BCUT2D eigenvalue weighted by molar-refractivity contribution is 6.22. The van der Waals surface area contributed by atoms with Crippen LogP contribution in [0, 0.1) is 0 Å². The molecule has 1 atom stereocenters. The third-order valence-electron chi connectivity index (χ3n) is 10.0. The van der Waals surface area contributed by atoms with Crippen molar-refractivity contribution < 1.29 is 4.42 Å². The van der Waals surface area contributed by atoms with E-state index in [9.17, 15) is 0 Å². The molecule has 0 saturated carbocycles. The molecule has 3 heterocycles. The number of aliphatic imine (C=N–C) groups is 2. The zero-order valence-electron chi connectivity index (χ0n) is 28.6. The number of pyridine rings is 1. The number of rotatable bonds is 6. The van der Waals surface area contributed by atoms with Gasteiger partial charge in [0.05, 0.1) is 0 Å². The summed E-state index contributed by atoms with van der Waals surface area (Å²) in [6.45, 7) is 0. The Balaban J connectivity index is 1.09. The fourth-order valence-corrected chi connectivity index (χ4v) is 7.37. The number of furan rings is 1. The highest BCUT2D eigenvalue weighted by Gasteiger charge is 2.25. The number of hydrogen-bond donors (Lipinski definition) is 1. The predicted molar refractivity (Wildman–Crippen MR) is 217 cm³/mol. The smallest absolute Gasteiger partial charge is 0.227 e. The van der Waals surface area contributed by atoms with E-state index < -0.39 is 0 Å². The van der Waals surface area contributed by atoms with Gasteiger partial charge in [-0.15, -0.1) is 0 Å². The molecule has 1 unspecified atom stereocenters. The summed E-state index contributed by atoms with van der Waals surface area (Å²) in [4.78, 5) is 15.0. The molecular formula is C48H32N4O. The van der Waals surface area contributed by atoms with Crippen LogP contribution < -0.4 is 5.32 Å². The molecule has 0 bridgehead atoms. The van der Waals surface area contributed by atoms with Crippen molar-refractivity contribution >= 4 is 44.5 Å². The van der Waals surface area contributed by atoms with Crippen LogP contribution >= 0.6 is 0 Å². The maximum atomic E-state index is 6.42. The number of fused-ring (bicyclic) bond motifs is 4. The van der Waals surface area contributed by atoms with Crippen molar-refractivity contribution in [1.82, 2.24) is 10.3 Å². The molecule has 9 aromatic rings. The maximum absolute atomic E-state index is 6.42. The average Bonchev–Trinajstić information content (AvgIpc) is 3.62. The van der Waals surface area contributed by atoms with Crippen molar-refractivity contribution in [2.75, 3.05) is 0 Å². The fourth-order valence-electron chi connectivity index (χ4n) is 7.37. The van der Waals surface area contributed by atoms with Gasteiger partial charge in [0.25, 0.3) is 0 Å². The SMILES string of the molecule is c1ccc(C2=NC(c3ccc(-c4cccc5ccccc45)cc3)NC(c3cc(-c4ccc(-c5ccccc5)cc4)cc4oc5ncccc5c34)=N2)cc1. The molecule has 53 heavy (non-hydrogen) atoms. The minimum atomic E-state index is -0.376. The third-order valence-corrected chi connectivity index (χ3v) is 10.0. The Hall–Kier alpha value is -7.11. The number of nitrogens with one attached hydrogen (secondary N) is 1. The monoisotopic (exact) mass is 680 g/mol. The van der Waals surface area contributed by atoms with Crippen LogP contribution in [0.4, 0.5) is 0 Å². The standard InChI is InChI=1S/C48H32N4O/c1-3-11-31(12-4-1)32-20-22-33(23-21-32)38-29-42(44-41-19-10-28-49-48(41)53-43(44)30-38)47-51-45(36-14-5-2-6-15-36)50-46(52-47)37-26-24-35(25-27-37)40-18-9-16-34-13-7-8-17-39(34)40/h1-30,46H,(H,50,51,52). The number of hydrogen-bond acceptors (Lipinski definition) is 5. The number of amidine groups is 2. The first kappa shape index (κ1) is 30.7. The molecular weight excluding hydrogens is 649 g/mol. The lowest BCUT2D eigenvalue weighted by Crippen LogP contribution is -2.33. The van der Waals surface area contributed by atoms with E-state index in [0.717, 1.165) is 55.6 Å². The lowest BCUT2D eigenvalue weighted by molar-refractivity contribution is 0.654. The fraction of sp³-hybridized carbons (Fsp3) is 0.0208. The molecule has 0 saturated heterocycles. The van der Waals surface area contributed by atoms with Gasteiger partial charge in [-0.25, -0.2) is 15.0 Å². The summed E-state index contributed by atoms with van der Waals surface area (Å²) in [5.74, 6) is 1.39. The zero-order chi connectivity index (χ0) is 35.1. The maximum Gasteiger partial charge on any atom is 0.227 e. The van der Waals surface area contributed by atoms with Gasteiger partial charge in [-0.2, -0.15) is 0 Å². The molecule has 0 aliphatic carbocycles. The second-order valence-corrected chi connectivity index (χ2v) is 13.3. The Kier molecular flexibility index (Phi) is 7.47. The molecule has 0 fully saturated rings. The van der Waals surface area contributed by atoms with Crippen LogP contribution in [0.3, 0.4) is 0 Å². The van der Waals surface area contributed by atoms with Crippen LogP contribution in [0.1, 0.15) is 22.9 Å². The van der Waals surface area contributed by atoms with E-state index in [4.69, 9.17) is 14.4 Å². The summed E-state index contributed by atoms with van der Waals surface area (Å²) in [5.41, 5.74) is 11.1. The molecule has 10 rings (SSSR count). The Labute approximate surface area is 306 Å². The highest BCUT2D eigenvalue weighted by Crippen LogP contribution is 2.37. The van der Waals surface area contributed by atoms with Gasteiger partial charge in [-0.3, -0.25) is 0 Å². The summed E-state index contributed by atoms with van der Waals surface area (Å²) < 4.78 is 6.42. The van der Waals surface area contributed by atoms with Gasteiger partial charge in [0.2, 0.25) is 5.71 Å². The van der Waals surface area contributed by atoms with E-state index in [1.807, 2.05) is 30.3 Å². The number of benzene rings is 7. The molecule has 5 nitrogen and oxygen atoms in total. The lowest BCUT2D eigenvalue weighted by atomic mass is 9.96. The van der Waals surface area contributed by atoms with Gasteiger partial charge < -0.3 is 9.73 Å². The summed E-state index contributed by atoms with van der Waals surface area (Å²) >= 11 is 0.